The number of benzene rings is 3. The van der Waals surface area contributed by atoms with Gasteiger partial charge in [0.2, 0.25) is 0 Å². The van der Waals surface area contributed by atoms with E-state index in [0.717, 1.165) is 10.8 Å². The molecule has 3 aromatic carbocycles. The van der Waals surface area contributed by atoms with Crippen molar-refractivity contribution in [3.8, 4) is 11.1 Å². The van der Waals surface area contributed by atoms with Crippen molar-refractivity contribution >= 4 is 16.7 Å². The molecule has 0 saturated carbocycles. The number of fused-ring (bicyclic) bond motifs is 2. The number of amides is 1. The van der Waals surface area contributed by atoms with Gasteiger partial charge in [-0.1, -0.05) is 64.1 Å². The normalized spacial score (nSPS) is 17.2. The van der Waals surface area contributed by atoms with Gasteiger partial charge in [-0.15, -0.1) is 0 Å². The standard InChI is InChI=1S/C25H27NO2/c1-24(2)11-12-25(3,4)22-15-19(9-10-21(22)24)17-5-6-18-14-20(23(27)26-28)8-7-16(18)13-17/h5-10,13-15,28H,11-12H2,1-4H3,(H,26,27). The molecule has 0 fully saturated rings. The molecule has 0 bridgehead atoms. The lowest BCUT2D eigenvalue weighted by Crippen LogP contribution is -2.33. The highest BCUT2D eigenvalue weighted by molar-refractivity contribution is 5.98. The minimum absolute atomic E-state index is 0.185. The Balaban J connectivity index is 1.79. The lowest BCUT2D eigenvalue weighted by molar-refractivity contribution is 0.0706. The van der Waals surface area contributed by atoms with E-state index in [2.05, 4.69) is 58.0 Å². The third-order valence-corrected chi connectivity index (χ3v) is 6.39. The van der Waals surface area contributed by atoms with Crippen LogP contribution in [0.5, 0.6) is 0 Å². The molecule has 1 aliphatic carbocycles. The van der Waals surface area contributed by atoms with Crippen molar-refractivity contribution in [3.05, 3.63) is 71.3 Å². The highest BCUT2D eigenvalue weighted by Crippen LogP contribution is 2.46. The van der Waals surface area contributed by atoms with Crippen LogP contribution >= 0.6 is 0 Å². The summed E-state index contributed by atoms with van der Waals surface area (Å²) in [5.74, 6) is -0.495. The fraction of sp³-hybridized carbons (Fsp3) is 0.320. The Morgan fingerprint density at radius 1 is 0.786 bits per heavy atom. The van der Waals surface area contributed by atoms with Crippen LogP contribution in [0, 0.1) is 0 Å². The lowest BCUT2D eigenvalue weighted by atomic mass is 9.63. The van der Waals surface area contributed by atoms with Crippen LogP contribution in [0.1, 0.15) is 62.0 Å². The zero-order valence-electron chi connectivity index (χ0n) is 17.0. The van der Waals surface area contributed by atoms with E-state index in [-0.39, 0.29) is 10.8 Å². The number of carbonyl (C=O) groups is 1. The van der Waals surface area contributed by atoms with E-state index in [1.807, 2.05) is 12.1 Å². The molecule has 0 saturated heterocycles. The van der Waals surface area contributed by atoms with Crippen molar-refractivity contribution in [2.75, 3.05) is 0 Å². The highest BCUT2D eigenvalue weighted by atomic mass is 16.5. The van der Waals surface area contributed by atoms with Crippen LogP contribution in [0.25, 0.3) is 21.9 Å². The Labute approximate surface area is 166 Å². The molecular formula is C25H27NO2. The number of hydrogen-bond acceptors (Lipinski definition) is 2. The van der Waals surface area contributed by atoms with Crippen molar-refractivity contribution in [3.63, 3.8) is 0 Å². The maximum Gasteiger partial charge on any atom is 0.274 e. The third kappa shape index (κ3) is 3.10. The van der Waals surface area contributed by atoms with Gasteiger partial charge in [0.25, 0.3) is 5.91 Å². The SMILES string of the molecule is CC1(C)CCC(C)(C)c2cc(-c3ccc4cc(C(=O)NO)ccc4c3)ccc21. The summed E-state index contributed by atoms with van der Waals surface area (Å²) in [5, 5.41) is 10.9. The summed E-state index contributed by atoms with van der Waals surface area (Å²) in [6, 6.07) is 18.7. The second-order valence-corrected chi connectivity index (χ2v) is 9.25. The van der Waals surface area contributed by atoms with Gasteiger partial charge in [-0.2, -0.15) is 0 Å². The van der Waals surface area contributed by atoms with E-state index in [1.54, 1.807) is 17.6 Å². The minimum Gasteiger partial charge on any atom is -0.288 e. The first-order valence-electron chi connectivity index (χ1n) is 9.85. The van der Waals surface area contributed by atoms with Crippen LogP contribution in [-0.4, -0.2) is 11.1 Å². The molecule has 144 valence electrons. The summed E-state index contributed by atoms with van der Waals surface area (Å²) in [5.41, 5.74) is 7.86. The van der Waals surface area contributed by atoms with Gasteiger partial charge >= 0.3 is 0 Å². The largest absolute Gasteiger partial charge is 0.288 e. The fourth-order valence-corrected chi connectivity index (χ4v) is 4.40. The predicted octanol–water partition coefficient (Wildman–Crippen LogP) is 5.97. The first kappa shape index (κ1) is 18.7. The summed E-state index contributed by atoms with van der Waals surface area (Å²) < 4.78 is 0. The van der Waals surface area contributed by atoms with E-state index in [0.29, 0.717) is 5.56 Å². The molecule has 3 heteroatoms. The topological polar surface area (TPSA) is 49.3 Å². The van der Waals surface area contributed by atoms with Gasteiger partial charge in [0.05, 0.1) is 0 Å². The molecule has 1 amide bonds. The summed E-state index contributed by atoms with van der Waals surface area (Å²) in [4.78, 5) is 11.6. The van der Waals surface area contributed by atoms with Crippen LogP contribution < -0.4 is 5.48 Å². The fourth-order valence-electron chi connectivity index (χ4n) is 4.40. The van der Waals surface area contributed by atoms with Crippen LogP contribution in [-0.2, 0) is 10.8 Å². The molecule has 0 radical (unpaired) electrons. The van der Waals surface area contributed by atoms with Crippen molar-refractivity contribution in [1.29, 1.82) is 0 Å². The number of nitrogens with one attached hydrogen (secondary N) is 1. The van der Waals surface area contributed by atoms with Gasteiger partial charge in [0.1, 0.15) is 0 Å². The van der Waals surface area contributed by atoms with Gasteiger partial charge < -0.3 is 0 Å². The average molecular weight is 373 g/mol. The first-order valence-corrected chi connectivity index (χ1v) is 9.85. The van der Waals surface area contributed by atoms with Gasteiger partial charge in [-0.3, -0.25) is 10.0 Å². The summed E-state index contributed by atoms with van der Waals surface area (Å²) in [7, 11) is 0. The van der Waals surface area contributed by atoms with Crippen molar-refractivity contribution in [2.24, 2.45) is 0 Å². The second-order valence-electron chi connectivity index (χ2n) is 9.25. The van der Waals surface area contributed by atoms with Gasteiger partial charge in [0, 0.05) is 5.56 Å². The molecule has 4 rings (SSSR count). The molecule has 3 aromatic rings. The quantitative estimate of drug-likeness (QED) is 0.429. The van der Waals surface area contributed by atoms with Gasteiger partial charge in [-0.05, 0) is 74.9 Å². The maximum absolute atomic E-state index is 11.6. The molecule has 0 spiro atoms. The first-order chi connectivity index (χ1) is 13.2. The molecule has 0 aromatic heterocycles. The van der Waals surface area contributed by atoms with E-state index in [4.69, 9.17) is 5.21 Å². The highest BCUT2D eigenvalue weighted by Gasteiger charge is 2.36. The van der Waals surface area contributed by atoms with Crippen molar-refractivity contribution in [2.45, 2.75) is 51.4 Å². The van der Waals surface area contributed by atoms with Crippen LogP contribution in [0.15, 0.2) is 54.6 Å². The number of rotatable bonds is 2. The van der Waals surface area contributed by atoms with Gasteiger partial charge in [0.15, 0.2) is 0 Å². The van der Waals surface area contributed by atoms with Crippen molar-refractivity contribution in [1.82, 2.24) is 5.48 Å². The number of carbonyl (C=O) groups excluding carboxylic acids is 1. The molecule has 0 aliphatic heterocycles. The molecule has 3 nitrogen and oxygen atoms in total. The Morgan fingerprint density at radius 2 is 1.36 bits per heavy atom. The maximum atomic E-state index is 11.6. The van der Waals surface area contributed by atoms with E-state index in [9.17, 15) is 4.79 Å². The third-order valence-electron chi connectivity index (χ3n) is 6.39. The molecule has 0 unspecified atom stereocenters. The Morgan fingerprint density at radius 3 is 2.07 bits per heavy atom. The van der Waals surface area contributed by atoms with Crippen LogP contribution in [0.3, 0.4) is 0 Å². The van der Waals surface area contributed by atoms with Crippen LogP contribution in [0.2, 0.25) is 0 Å². The second kappa shape index (κ2) is 6.46. The average Bonchev–Trinajstić information content (AvgIpc) is 2.70. The predicted molar refractivity (Wildman–Crippen MR) is 114 cm³/mol. The molecule has 0 atom stereocenters. The van der Waals surface area contributed by atoms with E-state index in [1.165, 1.54) is 35.1 Å². The van der Waals surface area contributed by atoms with Gasteiger partial charge in [-0.25, -0.2) is 5.48 Å². The van der Waals surface area contributed by atoms with E-state index >= 15 is 0 Å². The number of hydrogen-bond donors (Lipinski definition) is 2. The van der Waals surface area contributed by atoms with Crippen molar-refractivity contribution < 1.29 is 10.0 Å². The monoisotopic (exact) mass is 373 g/mol. The summed E-state index contributed by atoms with van der Waals surface area (Å²) in [6.45, 7) is 9.38. The Kier molecular flexibility index (Phi) is 4.31. The van der Waals surface area contributed by atoms with E-state index < -0.39 is 5.91 Å². The molecule has 0 heterocycles. The Bertz CT molecular complexity index is 1080. The summed E-state index contributed by atoms with van der Waals surface area (Å²) in [6.07, 6.45) is 2.41. The molecular weight excluding hydrogens is 346 g/mol. The molecule has 28 heavy (non-hydrogen) atoms. The zero-order chi connectivity index (χ0) is 20.1. The van der Waals surface area contributed by atoms with Crippen LogP contribution in [0.4, 0.5) is 0 Å². The number of hydroxylamine groups is 1. The molecule has 1 aliphatic rings. The molecule has 2 N–H and O–H groups in total. The smallest absolute Gasteiger partial charge is 0.274 e. The lowest BCUT2D eigenvalue weighted by Gasteiger charge is -2.42. The zero-order valence-corrected chi connectivity index (χ0v) is 17.0. The minimum atomic E-state index is -0.495. The summed E-state index contributed by atoms with van der Waals surface area (Å²) >= 11 is 0. The Hall–Kier alpha value is -2.65.